The van der Waals surface area contributed by atoms with E-state index in [2.05, 4.69) is 53.8 Å². The van der Waals surface area contributed by atoms with Gasteiger partial charge >= 0.3 is 0 Å². The van der Waals surface area contributed by atoms with Gasteiger partial charge in [0.25, 0.3) is 0 Å². The molecule has 2 aromatic carbocycles. The molecule has 100 valence electrons. The lowest BCUT2D eigenvalue weighted by molar-refractivity contribution is 0.817. The van der Waals surface area contributed by atoms with E-state index in [0.29, 0.717) is 0 Å². The Balaban J connectivity index is 1.81. The van der Waals surface area contributed by atoms with E-state index in [0.717, 1.165) is 24.2 Å². The summed E-state index contributed by atoms with van der Waals surface area (Å²) in [4.78, 5) is 4.72. The van der Waals surface area contributed by atoms with Crippen molar-refractivity contribution in [1.82, 2.24) is 10.3 Å². The van der Waals surface area contributed by atoms with Crippen molar-refractivity contribution in [1.29, 1.82) is 0 Å². The summed E-state index contributed by atoms with van der Waals surface area (Å²) in [5.41, 5.74) is 4.79. The molecule has 1 aromatic heterocycles. The zero-order chi connectivity index (χ0) is 13.8. The van der Waals surface area contributed by atoms with E-state index in [4.69, 9.17) is 4.98 Å². The van der Waals surface area contributed by atoms with Crippen molar-refractivity contribution in [3.8, 4) is 0 Å². The second kappa shape index (κ2) is 5.85. The van der Waals surface area contributed by atoms with Crippen LogP contribution in [0.3, 0.4) is 0 Å². The standard InChI is InChI=1S/C18H18N2/c1-19-13-15-8-6-14(7-9-15)12-17-11-10-16-4-2-3-5-18(16)20-17/h2-11,19H,12-13H2,1H3. The molecule has 0 radical (unpaired) electrons. The topological polar surface area (TPSA) is 24.9 Å². The van der Waals surface area contributed by atoms with E-state index in [-0.39, 0.29) is 0 Å². The van der Waals surface area contributed by atoms with Crippen LogP contribution in [0.5, 0.6) is 0 Å². The number of para-hydroxylation sites is 1. The van der Waals surface area contributed by atoms with E-state index in [1.54, 1.807) is 0 Å². The average Bonchev–Trinajstić information content (AvgIpc) is 2.49. The monoisotopic (exact) mass is 262 g/mol. The predicted molar refractivity (Wildman–Crippen MR) is 83.8 cm³/mol. The summed E-state index contributed by atoms with van der Waals surface area (Å²) in [6.45, 7) is 0.911. The number of nitrogens with one attached hydrogen (secondary N) is 1. The zero-order valence-corrected chi connectivity index (χ0v) is 11.6. The van der Waals surface area contributed by atoms with Crippen molar-refractivity contribution in [2.75, 3.05) is 7.05 Å². The van der Waals surface area contributed by atoms with Gasteiger partial charge in [0.15, 0.2) is 0 Å². The molecule has 2 heteroatoms. The first-order chi connectivity index (χ1) is 9.85. The second-order valence-electron chi connectivity index (χ2n) is 5.02. The summed E-state index contributed by atoms with van der Waals surface area (Å²) in [5, 5.41) is 4.36. The first-order valence-electron chi connectivity index (χ1n) is 6.92. The molecule has 0 spiro atoms. The highest BCUT2D eigenvalue weighted by Gasteiger charge is 2.00. The lowest BCUT2D eigenvalue weighted by Gasteiger charge is -2.05. The molecular weight excluding hydrogens is 244 g/mol. The summed E-state index contributed by atoms with van der Waals surface area (Å²) in [6.07, 6.45) is 0.880. The maximum absolute atomic E-state index is 4.72. The second-order valence-corrected chi connectivity index (χ2v) is 5.02. The SMILES string of the molecule is CNCc1ccc(Cc2ccc3ccccc3n2)cc1. The van der Waals surface area contributed by atoms with Gasteiger partial charge in [-0.15, -0.1) is 0 Å². The molecule has 20 heavy (non-hydrogen) atoms. The number of rotatable bonds is 4. The fourth-order valence-corrected chi connectivity index (χ4v) is 2.39. The molecule has 0 aliphatic heterocycles. The van der Waals surface area contributed by atoms with E-state index >= 15 is 0 Å². The van der Waals surface area contributed by atoms with Crippen LogP contribution in [0.2, 0.25) is 0 Å². The van der Waals surface area contributed by atoms with E-state index < -0.39 is 0 Å². The average molecular weight is 262 g/mol. The molecule has 0 aliphatic carbocycles. The van der Waals surface area contributed by atoms with Crippen molar-refractivity contribution in [3.05, 3.63) is 77.5 Å². The van der Waals surface area contributed by atoms with Gasteiger partial charge in [0, 0.05) is 24.0 Å². The molecule has 0 aliphatic rings. The lowest BCUT2D eigenvalue weighted by Crippen LogP contribution is -2.04. The van der Waals surface area contributed by atoms with Gasteiger partial charge in [-0.05, 0) is 30.3 Å². The fraction of sp³-hybridized carbons (Fsp3) is 0.167. The van der Waals surface area contributed by atoms with Crippen LogP contribution in [0.15, 0.2) is 60.7 Å². The van der Waals surface area contributed by atoms with E-state index in [1.165, 1.54) is 16.5 Å². The Hall–Kier alpha value is -2.19. The van der Waals surface area contributed by atoms with Crippen molar-refractivity contribution >= 4 is 10.9 Å². The van der Waals surface area contributed by atoms with Crippen LogP contribution in [0.25, 0.3) is 10.9 Å². The minimum absolute atomic E-state index is 0.880. The summed E-state index contributed by atoms with van der Waals surface area (Å²) in [6, 6.07) is 21.2. The maximum atomic E-state index is 4.72. The van der Waals surface area contributed by atoms with Crippen LogP contribution < -0.4 is 5.32 Å². The molecule has 0 amide bonds. The third-order valence-corrected chi connectivity index (χ3v) is 3.45. The highest BCUT2D eigenvalue weighted by Crippen LogP contribution is 2.15. The Bertz CT molecular complexity index is 702. The van der Waals surface area contributed by atoms with Crippen LogP contribution in [-0.4, -0.2) is 12.0 Å². The van der Waals surface area contributed by atoms with Crippen molar-refractivity contribution in [2.24, 2.45) is 0 Å². The molecule has 0 unspecified atom stereocenters. The molecule has 2 nitrogen and oxygen atoms in total. The summed E-state index contributed by atoms with van der Waals surface area (Å²) < 4.78 is 0. The predicted octanol–water partition coefficient (Wildman–Crippen LogP) is 3.55. The fourth-order valence-electron chi connectivity index (χ4n) is 2.39. The molecule has 1 N–H and O–H groups in total. The molecule has 0 saturated carbocycles. The smallest absolute Gasteiger partial charge is 0.0705 e. The van der Waals surface area contributed by atoms with Crippen molar-refractivity contribution < 1.29 is 0 Å². The summed E-state index contributed by atoms with van der Waals surface area (Å²) >= 11 is 0. The number of hydrogen-bond acceptors (Lipinski definition) is 2. The Morgan fingerprint density at radius 3 is 2.40 bits per heavy atom. The van der Waals surface area contributed by atoms with Gasteiger partial charge in [-0.3, -0.25) is 4.98 Å². The summed E-state index contributed by atoms with van der Waals surface area (Å²) in [7, 11) is 1.97. The number of fused-ring (bicyclic) bond motifs is 1. The van der Waals surface area contributed by atoms with Crippen LogP contribution in [-0.2, 0) is 13.0 Å². The number of pyridine rings is 1. The van der Waals surface area contributed by atoms with Gasteiger partial charge in [0.1, 0.15) is 0 Å². The molecule has 3 aromatic rings. The first-order valence-corrected chi connectivity index (χ1v) is 6.92. The highest BCUT2D eigenvalue weighted by molar-refractivity contribution is 5.78. The van der Waals surface area contributed by atoms with E-state index in [9.17, 15) is 0 Å². The lowest BCUT2D eigenvalue weighted by atomic mass is 10.1. The third-order valence-electron chi connectivity index (χ3n) is 3.45. The Labute approximate surface area is 119 Å². The molecule has 3 rings (SSSR count). The van der Waals surface area contributed by atoms with Gasteiger partial charge in [-0.2, -0.15) is 0 Å². The van der Waals surface area contributed by atoms with Crippen molar-refractivity contribution in [3.63, 3.8) is 0 Å². The first kappa shape index (κ1) is 12.8. The number of hydrogen-bond donors (Lipinski definition) is 1. The molecule has 0 atom stereocenters. The normalized spacial score (nSPS) is 10.8. The molecule has 0 saturated heterocycles. The van der Waals surface area contributed by atoms with Gasteiger partial charge in [0.05, 0.1) is 5.52 Å². The zero-order valence-electron chi connectivity index (χ0n) is 11.6. The van der Waals surface area contributed by atoms with Gasteiger partial charge < -0.3 is 5.32 Å². The third kappa shape index (κ3) is 2.86. The molecule has 0 fully saturated rings. The minimum atomic E-state index is 0.880. The van der Waals surface area contributed by atoms with E-state index in [1.807, 2.05) is 19.2 Å². The highest BCUT2D eigenvalue weighted by atomic mass is 14.8. The molecule has 1 heterocycles. The maximum Gasteiger partial charge on any atom is 0.0705 e. The number of nitrogens with zero attached hydrogens (tertiary/aromatic N) is 1. The molecule has 0 bridgehead atoms. The molecular formula is C18H18N2. The number of aromatic nitrogens is 1. The van der Waals surface area contributed by atoms with Gasteiger partial charge in [-0.25, -0.2) is 0 Å². The number of benzene rings is 2. The van der Waals surface area contributed by atoms with Crippen LogP contribution >= 0.6 is 0 Å². The largest absolute Gasteiger partial charge is 0.316 e. The van der Waals surface area contributed by atoms with Crippen LogP contribution in [0.1, 0.15) is 16.8 Å². The Morgan fingerprint density at radius 1 is 0.850 bits per heavy atom. The van der Waals surface area contributed by atoms with Crippen molar-refractivity contribution in [2.45, 2.75) is 13.0 Å². The van der Waals surface area contributed by atoms with Crippen LogP contribution in [0.4, 0.5) is 0 Å². The summed E-state index contributed by atoms with van der Waals surface area (Å²) in [5.74, 6) is 0. The Morgan fingerprint density at radius 2 is 1.60 bits per heavy atom. The minimum Gasteiger partial charge on any atom is -0.316 e. The Kier molecular flexibility index (Phi) is 3.75. The van der Waals surface area contributed by atoms with Gasteiger partial charge in [-0.1, -0.05) is 48.5 Å². The quantitative estimate of drug-likeness (QED) is 0.778. The van der Waals surface area contributed by atoms with Crippen LogP contribution in [0, 0.1) is 0 Å². The van der Waals surface area contributed by atoms with Gasteiger partial charge in [0.2, 0.25) is 0 Å².